The van der Waals surface area contributed by atoms with Crippen LogP contribution >= 0.6 is 0 Å². The maximum absolute atomic E-state index is 12.7. The Labute approximate surface area is 141 Å². The Bertz CT molecular complexity index is 848. The summed E-state index contributed by atoms with van der Waals surface area (Å²) in [6.07, 6.45) is 0.664. The summed E-state index contributed by atoms with van der Waals surface area (Å²) in [5.74, 6) is -0.230. The fraction of sp³-hybridized carbons (Fsp3) is 0.211. The van der Waals surface area contributed by atoms with Crippen LogP contribution in [0.4, 0.5) is 5.69 Å². The summed E-state index contributed by atoms with van der Waals surface area (Å²) in [6.45, 7) is 5.95. The second-order valence-electron chi connectivity index (χ2n) is 5.71. The van der Waals surface area contributed by atoms with Crippen molar-refractivity contribution in [1.82, 2.24) is 15.0 Å². The van der Waals surface area contributed by atoms with E-state index in [0.717, 1.165) is 28.2 Å². The number of hydrogen-bond donors (Lipinski definition) is 1. The van der Waals surface area contributed by atoms with Gasteiger partial charge in [0.2, 0.25) is 0 Å². The van der Waals surface area contributed by atoms with E-state index in [4.69, 9.17) is 0 Å². The molecule has 0 aliphatic rings. The van der Waals surface area contributed by atoms with Crippen LogP contribution in [0.5, 0.6) is 0 Å². The van der Waals surface area contributed by atoms with Crippen LogP contribution in [0, 0.1) is 13.8 Å². The minimum Gasteiger partial charge on any atom is -0.320 e. The van der Waals surface area contributed by atoms with E-state index in [9.17, 15) is 4.79 Å². The normalized spacial score (nSPS) is 10.6. The molecule has 24 heavy (non-hydrogen) atoms. The van der Waals surface area contributed by atoms with Gasteiger partial charge < -0.3 is 5.32 Å². The van der Waals surface area contributed by atoms with Gasteiger partial charge in [0.25, 0.3) is 5.91 Å². The first-order chi connectivity index (χ1) is 11.6. The van der Waals surface area contributed by atoms with E-state index in [-0.39, 0.29) is 5.91 Å². The number of nitrogens with one attached hydrogen (secondary N) is 1. The highest BCUT2D eigenvalue weighted by Gasteiger charge is 2.20. The van der Waals surface area contributed by atoms with Crippen molar-refractivity contribution in [3.8, 4) is 5.69 Å². The standard InChI is InChI=1S/C19H20N4O/c1-4-16-18(21-22-23(16)15-11-6-5-7-12-15)19(24)20-17-13(2)9-8-10-14(17)3/h5-12H,4H2,1-3H3,(H,20,24). The molecule has 0 spiro atoms. The monoisotopic (exact) mass is 320 g/mol. The molecule has 0 atom stereocenters. The maximum Gasteiger partial charge on any atom is 0.278 e. The van der Waals surface area contributed by atoms with Crippen molar-refractivity contribution in [1.29, 1.82) is 0 Å². The van der Waals surface area contributed by atoms with E-state index in [1.54, 1.807) is 4.68 Å². The molecule has 122 valence electrons. The molecule has 0 saturated carbocycles. The van der Waals surface area contributed by atoms with Crippen molar-refractivity contribution in [2.24, 2.45) is 0 Å². The number of aryl methyl sites for hydroxylation is 2. The van der Waals surface area contributed by atoms with Crippen LogP contribution in [0.15, 0.2) is 48.5 Å². The van der Waals surface area contributed by atoms with E-state index < -0.39 is 0 Å². The van der Waals surface area contributed by atoms with Gasteiger partial charge >= 0.3 is 0 Å². The van der Waals surface area contributed by atoms with Crippen molar-refractivity contribution in [3.63, 3.8) is 0 Å². The second kappa shape index (κ2) is 6.66. The number of carbonyl (C=O) groups is 1. The van der Waals surface area contributed by atoms with Gasteiger partial charge in [0.1, 0.15) is 0 Å². The molecule has 3 rings (SSSR count). The average molecular weight is 320 g/mol. The lowest BCUT2D eigenvalue weighted by molar-refractivity contribution is 0.102. The van der Waals surface area contributed by atoms with E-state index in [2.05, 4.69) is 15.6 Å². The van der Waals surface area contributed by atoms with E-state index in [0.29, 0.717) is 12.1 Å². The first-order valence-electron chi connectivity index (χ1n) is 7.99. The predicted octanol–water partition coefficient (Wildman–Crippen LogP) is 3.70. The van der Waals surface area contributed by atoms with Gasteiger partial charge in [0.15, 0.2) is 5.69 Å². The molecule has 1 N–H and O–H groups in total. The Morgan fingerprint density at radius 3 is 2.33 bits per heavy atom. The fourth-order valence-electron chi connectivity index (χ4n) is 2.76. The summed E-state index contributed by atoms with van der Waals surface area (Å²) in [5.41, 5.74) is 4.94. The molecular weight excluding hydrogens is 300 g/mol. The predicted molar refractivity (Wildman–Crippen MR) is 94.6 cm³/mol. The Kier molecular flexibility index (Phi) is 4.42. The highest BCUT2D eigenvalue weighted by atomic mass is 16.2. The summed E-state index contributed by atoms with van der Waals surface area (Å²) in [6, 6.07) is 15.6. The number of hydrogen-bond acceptors (Lipinski definition) is 3. The maximum atomic E-state index is 12.7. The zero-order chi connectivity index (χ0) is 17.1. The highest BCUT2D eigenvalue weighted by Crippen LogP contribution is 2.21. The molecule has 0 fully saturated rings. The van der Waals surface area contributed by atoms with Crippen molar-refractivity contribution < 1.29 is 4.79 Å². The number of carbonyl (C=O) groups excluding carboxylic acids is 1. The number of para-hydroxylation sites is 2. The number of rotatable bonds is 4. The number of amides is 1. The van der Waals surface area contributed by atoms with Gasteiger partial charge in [-0.25, -0.2) is 4.68 Å². The second-order valence-corrected chi connectivity index (χ2v) is 5.71. The Hall–Kier alpha value is -2.95. The number of nitrogens with zero attached hydrogens (tertiary/aromatic N) is 3. The Morgan fingerprint density at radius 2 is 1.71 bits per heavy atom. The Balaban J connectivity index is 1.95. The van der Waals surface area contributed by atoms with E-state index in [1.807, 2.05) is 69.3 Å². The quantitative estimate of drug-likeness (QED) is 0.797. The Morgan fingerprint density at radius 1 is 1.04 bits per heavy atom. The minimum atomic E-state index is -0.230. The molecule has 0 aliphatic heterocycles. The lowest BCUT2D eigenvalue weighted by Crippen LogP contribution is -2.16. The highest BCUT2D eigenvalue weighted by molar-refractivity contribution is 6.04. The van der Waals surface area contributed by atoms with Gasteiger partial charge in [-0.1, -0.05) is 48.5 Å². The topological polar surface area (TPSA) is 59.8 Å². The lowest BCUT2D eigenvalue weighted by Gasteiger charge is -2.11. The van der Waals surface area contributed by atoms with Crippen LogP contribution in [0.25, 0.3) is 5.69 Å². The van der Waals surface area contributed by atoms with E-state index in [1.165, 1.54) is 0 Å². The first kappa shape index (κ1) is 15.9. The molecule has 0 aliphatic carbocycles. The number of benzene rings is 2. The van der Waals surface area contributed by atoms with Gasteiger partial charge in [-0.05, 0) is 43.5 Å². The van der Waals surface area contributed by atoms with Crippen molar-refractivity contribution in [2.75, 3.05) is 5.32 Å². The smallest absolute Gasteiger partial charge is 0.278 e. The van der Waals surface area contributed by atoms with Gasteiger partial charge in [-0.15, -0.1) is 5.10 Å². The molecule has 5 nitrogen and oxygen atoms in total. The molecule has 1 heterocycles. The third kappa shape index (κ3) is 2.93. The number of aromatic nitrogens is 3. The van der Waals surface area contributed by atoms with Gasteiger partial charge in [0.05, 0.1) is 11.4 Å². The molecule has 0 saturated heterocycles. The van der Waals surface area contributed by atoms with Crippen molar-refractivity contribution in [3.05, 3.63) is 71.0 Å². The molecule has 0 unspecified atom stereocenters. The fourth-order valence-corrected chi connectivity index (χ4v) is 2.76. The summed E-state index contributed by atoms with van der Waals surface area (Å²) in [5, 5.41) is 11.3. The van der Waals surface area contributed by atoms with Crippen molar-refractivity contribution >= 4 is 11.6 Å². The van der Waals surface area contributed by atoms with Gasteiger partial charge in [-0.2, -0.15) is 0 Å². The van der Waals surface area contributed by atoms with Crippen LogP contribution in [0.1, 0.15) is 34.2 Å². The largest absolute Gasteiger partial charge is 0.320 e. The number of anilines is 1. The van der Waals surface area contributed by atoms with Crippen LogP contribution in [0.3, 0.4) is 0 Å². The van der Waals surface area contributed by atoms with E-state index >= 15 is 0 Å². The van der Waals surface area contributed by atoms with Crippen molar-refractivity contribution in [2.45, 2.75) is 27.2 Å². The lowest BCUT2D eigenvalue weighted by atomic mass is 10.1. The molecule has 0 radical (unpaired) electrons. The molecule has 5 heteroatoms. The molecule has 0 bridgehead atoms. The summed E-state index contributed by atoms with van der Waals surface area (Å²) >= 11 is 0. The molecule has 2 aromatic carbocycles. The summed E-state index contributed by atoms with van der Waals surface area (Å²) in [7, 11) is 0. The van der Waals surface area contributed by atoms with Gasteiger partial charge in [-0.3, -0.25) is 4.79 Å². The van der Waals surface area contributed by atoms with Crippen LogP contribution in [-0.4, -0.2) is 20.9 Å². The summed E-state index contributed by atoms with van der Waals surface area (Å²) in [4.78, 5) is 12.7. The molecule has 1 amide bonds. The zero-order valence-corrected chi connectivity index (χ0v) is 14.1. The molecule has 1 aromatic heterocycles. The molecule has 3 aromatic rings. The van der Waals surface area contributed by atoms with Crippen LogP contribution < -0.4 is 5.32 Å². The zero-order valence-electron chi connectivity index (χ0n) is 14.1. The third-order valence-corrected chi connectivity index (χ3v) is 4.03. The first-order valence-corrected chi connectivity index (χ1v) is 7.99. The molecular formula is C19H20N4O. The average Bonchev–Trinajstić information content (AvgIpc) is 3.03. The SMILES string of the molecule is CCc1c(C(=O)Nc2c(C)cccc2C)nnn1-c1ccccc1. The summed E-state index contributed by atoms with van der Waals surface area (Å²) < 4.78 is 1.72. The van der Waals surface area contributed by atoms with Crippen LogP contribution in [0.2, 0.25) is 0 Å². The third-order valence-electron chi connectivity index (χ3n) is 4.03. The minimum absolute atomic E-state index is 0.230. The van der Waals surface area contributed by atoms with Crippen LogP contribution in [-0.2, 0) is 6.42 Å². The van der Waals surface area contributed by atoms with Gasteiger partial charge in [0, 0.05) is 5.69 Å².